The number of hydrogen-bond acceptors (Lipinski definition) is 1. The normalized spacial score (nSPS) is 11.6. The van der Waals surface area contributed by atoms with Gasteiger partial charge in [0, 0.05) is 34.9 Å². The molecule has 25 heavy (non-hydrogen) atoms. The topological polar surface area (TPSA) is 8.17 Å². The number of hydrogen-bond donors (Lipinski definition) is 0. The third-order valence-electron chi connectivity index (χ3n) is 5.12. The fourth-order valence-corrected chi connectivity index (χ4v) is 3.62. The lowest BCUT2D eigenvalue weighted by atomic mass is 10.0. The van der Waals surface area contributed by atoms with Crippen LogP contribution in [0, 0.1) is 0 Å². The molecule has 0 amide bonds. The summed E-state index contributed by atoms with van der Waals surface area (Å²) in [6.45, 7) is 5.33. The summed E-state index contributed by atoms with van der Waals surface area (Å²) in [6.07, 6.45) is 0. The molecule has 2 nitrogen and oxygen atoms in total. The highest BCUT2D eigenvalue weighted by molar-refractivity contribution is 6.12. The zero-order valence-electron chi connectivity index (χ0n) is 14.9. The molecule has 0 spiro atoms. The predicted molar refractivity (Wildman–Crippen MR) is 108 cm³/mol. The van der Waals surface area contributed by atoms with E-state index in [2.05, 4.69) is 96.2 Å². The first-order valence-corrected chi connectivity index (χ1v) is 9.03. The molecule has 2 heteroatoms. The molecular weight excluding hydrogens is 304 g/mol. The molecule has 0 radical (unpaired) electrons. The van der Waals surface area contributed by atoms with Crippen molar-refractivity contribution in [1.29, 1.82) is 0 Å². The molecule has 4 rings (SSSR count). The molecule has 0 fully saturated rings. The molecular formula is C23H24N2. The van der Waals surface area contributed by atoms with Gasteiger partial charge in [0.1, 0.15) is 0 Å². The maximum atomic E-state index is 2.50. The van der Waals surface area contributed by atoms with Crippen molar-refractivity contribution in [1.82, 2.24) is 9.47 Å². The number of rotatable bonds is 5. The fourth-order valence-electron chi connectivity index (χ4n) is 3.62. The van der Waals surface area contributed by atoms with Gasteiger partial charge in [-0.25, -0.2) is 0 Å². The zero-order valence-corrected chi connectivity index (χ0v) is 14.9. The lowest BCUT2D eigenvalue weighted by molar-refractivity contribution is 0.339. The van der Waals surface area contributed by atoms with E-state index >= 15 is 0 Å². The van der Waals surface area contributed by atoms with Gasteiger partial charge in [-0.1, -0.05) is 73.7 Å². The van der Waals surface area contributed by atoms with Gasteiger partial charge in [-0.3, -0.25) is 0 Å². The van der Waals surface area contributed by atoms with Crippen molar-refractivity contribution >= 4 is 21.8 Å². The largest absolute Gasteiger partial charge is 0.339 e. The van der Waals surface area contributed by atoms with Gasteiger partial charge < -0.3 is 9.47 Å². The lowest BCUT2D eigenvalue weighted by Gasteiger charge is -2.16. The summed E-state index contributed by atoms with van der Waals surface area (Å²) < 4.78 is 2.50. The maximum absolute atomic E-state index is 2.50. The number of aromatic nitrogens is 1. The zero-order chi connectivity index (χ0) is 17.2. The first kappa shape index (κ1) is 15.9. The summed E-state index contributed by atoms with van der Waals surface area (Å²) in [4.78, 5) is 2.37. The van der Waals surface area contributed by atoms with E-state index in [1.807, 2.05) is 0 Å². The first-order valence-electron chi connectivity index (χ1n) is 9.03. The van der Waals surface area contributed by atoms with Gasteiger partial charge in [-0.15, -0.1) is 0 Å². The summed E-state index contributed by atoms with van der Waals surface area (Å²) in [5.41, 5.74) is 5.26. The molecule has 0 aliphatic heterocycles. The molecule has 0 saturated carbocycles. The van der Waals surface area contributed by atoms with E-state index in [-0.39, 0.29) is 0 Å². The van der Waals surface area contributed by atoms with Crippen LogP contribution >= 0.6 is 0 Å². The summed E-state index contributed by atoms with van der Waals surface area (Å²) in [6, 6.07) is 26.2. The number of benzene rings is 3. The Bertz CT molecular complexity index is 999. The van der Waals surface area contributed by atoms with Crippen LogP contribution in [0.15, 0.2) is 72.8 Å². The minimum Gasteiger partial charge on any atom is -0.339 e. The molecule has 0 aliphatic rings. The van der Waals surface area contributed by atoms with E-state index in [9.17, 15) is 0 Å². The van der Waals surface area contributed by atoms with Crippen molar-refractivity contribution in [2.24, 2.45) is 0 Å². The van der Waals surface area contributed by atoms with Gasteiger partial charge in [0.2, 0.25) is 0 Å². The monoisotopic (exact) mass is 328 g/mol. The lowest BCUT2D eigenvalue weighted by Crippen LogP contribution is -2.22. The number of likely N-dealkylation sites (N-methyl/N-ethyl adjacent to an activating group) is 1. The number of fused-ring (bicyclic) bond motifs is 3. The summed E-state index contributed by atoms with van der Waals surface area (Å²) in [5, 5.41) is 2.69. The maximum Gasteiger partial charge on any atom is 0.0571 e. The summed E-state index contributed by atoms with van der Waals surface area (Å²) in [5.74, 6) is 0. The second kappa shape index (κ2) is 6.73. The van der Waals surface area contributed by atoms with E-state index in [1.165, 1.54) is 32.9 Å². The first-order chi connectivity index (χ1) is 12.3. The average Bonchev–Trinajstić information content (AvgIpc) is 3.01. The molecule has 126 valence electrons. The predicted octanol–water partition coefficient (Wildman–Crippen LogP) is 5.41. The molecule has 0 N–H and O–H groups in total. The minimum absolute atomic E-state index is 0.998. The van der Waals surface area contributed by atoms with Gasteiger partial charge >= 0.3 is 0 Å². The minimum atomic E-state index is 0.998. The van der Waals surface area contributed by atoms with Gasteiger partial charge in [0.05, 0.1) is 5.52 Å². The Labute approximate surface area is 149 Å². The van der Waals surface area contributed by atoms with Crippen LogP contribution in [0.2, 0.25) is 0 Å². The van der Waals surface area contributed by atoms with Crippen LogP contribution in [0.1, 0.15) is 6.92 Å². The molecule has 4 aromatic rings. The molecule has 0 saturated heterocycles. The Kier molecular flexibility index (Phi) is 4.29. The van der Waals surface area contributed by atoms with Crippen molar-refractivity contribution in [3.8, 4) is 11.1 Å². The Morgan fingerprint density at radius 3 is 2.32 bits per heavy atom. The molecule has 1 aromatic heterocycles. The molecule has 3 aromatic carbocycles. The van der Waals surface area contributed by atoms with E-state index < -0.39 is 0 Å². The molecule has 0 bridgehead atoms. The van der Waals surface area contributed by atoms with Crippen molar-refractivity contribution in [2.75, 3.05) is 20.1 Å². The standard InChI is InChI=1S/C23H24N2/c1-3-24(2)16-17-25-22-15-8-7-12-20(22)21-14-9-13-19(23(21)25)18-10-5-4-6-11-18/h4-15H,3,16-17H2,1-2H3. The van der Waals surface area contributed by atoms with Crippen LogP contribution in [-0.4, -0.2) is 29.6 Å². The van der Waals surface area contributed by atoms with Gasteiger partial charge in [-0.2, -0.15) is 0 Å². The van der Waals surface area contributed by atoms with Crippen molar-refractivity contribution in [3.05, 3.63) is 72.8 Å². The number of nitrogens with zero attached hydrogens (tertiary/aromatic N) is 2. The van der Waals surface area contributed by atoms with Crippen molar-refractivity contribution in [3.63, 3.8) is 0 Å². The quantitative estimate of drug-likeness (QED) is 0.475. The van der Waals surface area contributed by atoms with Crippen LogP contribution in [0.3, 0.4) is 0 Å². The third kappa shape index (κ3) is 2.83. The fraction of sp³-hybridized carbons (Fsp3) is 0.217. The smallest absolute Gasteiger partial charge is 0.0571 e. The SMILES string of the molecule is CCN(C)CCn1c2ccccc2c2cccc(-c3ccccc3)c21. The van der Waals surface area contributed by atoms with E-state index in [4.69, 9.17) is 0 Å². The third-order valence-corrected chi connectivity index (χ3v) is 5.12. The summed E-state index contributed by atoms with van der Waals surface area (Å²) in [7, 11) is 2.19. The van der Waals surface area contributed by atoms with Gasteiger partial charge in [0.25, 0.3) is 0 Å². The molecule has 0 atom stereocenters. The molecule has 0 unspecified atom stereocenters. The van der Waals surface area contributed by atoms with Gasteiger partial charge in [0.15, 0.2) is 0 Å². The van der Waals surface area contributed by atoms with Crippen molar-refractivity contribution < 1.29 is 0 Å². The van der Waals surface area contributed by atoms with Gasteiger partial charge in [-0.05, 0) is 25.2 Å². The van der Waals surface area contributed by atoms with Crippen LogP contribution < -0.4 is 0 Å². The molecule has 1 heterocycles. The van der Waals surface area contributed by atoms with E-state index in [0.29, 0.717) is 0 Å². The Morgan fingerprint density at radius 1 is 0.800 bits per heavy atom. The van der Waals surface area contributed by atoms with Crippen LogP contribution in [0.4, 0.5) is 0 Å². The second-order valence-electron chi connectivity index (χ2n) is 6.63. The summed E-state index contributed by atoms with van der Waals surface area (Å²) >= 11 is 0. The van der Waals surface area contributed by atoms with Crippen molar-refractivity contribution in [2.45, 2.75) is 13.5 Å². The van der Waals surface area contributed by atoms with E-state index in [0.717, 1.165) is 19.6 Å². The average molecular weight is 328 g/mol. The highest BCUT2D eigenvalue weighted by Crippen LogP contribution is 2.35. The Balaban J connectivity index is 1.99. The van der Waals surface area contributed by atoms with Crippen LogP contribution in [0.5, 0.6) is 0 Å². The second-order valence-corrected chi connectivity index (χ2v) is 6.63. The highest BCUT2D eigenvalue weighted by Gasteiger charge is 2.14. The van der Waals surface area contributed by atoms with E-state index in [1.54, 1.807) is 0 Å². The Hall–Kier alpha value is -2.58. The van der Waals surface area contributed by atoms with Crippen LogP contribution in [-0.2, 0) is 6.54 Å². The number of para-hydroxylation sites is 2. The highest BCUT2D eigenvalue weighted by atomic mass is 15.1. The van der Waals surface area contributed by atoms with Crippen LogP contribution in [0.25, 0.3) is 32.9 Å². The molecule has 0 aliphatic carbocycles. The Morgan fingerprint density at radius 2 is 1.52 bits per heavy atom.